The van der Waals surface area contributed by atoms with Gasteiger partial charge in [0, 0.05) is 0 Å². The average molecular weight is 504 g/mol. The van der Waals surface area contributed by atoms with E-state index in [1.807, 2.05) is 6.08 Å². The summed E-state index contributed by atoms with van der Waals surface area (Å²) in [5.41, 5.74) is 0. The van der Waals surface area contributed by atoms with Gasteiger partial charge < -0.3 is 0 Å². The van der Waals surface area contributed by atoms with Gasteiger partial charge in [-0.15, -0.1) is 0 Å². The van der Waals surface area contributed by atoms with Crippen molar-refractivity contribution in [2.24, 2.45) is 0 Å². The van der Waals surface area contributed by atoms with Crippen LogP contribution in [0.1, 0.15) is 6.42 Å². The van der Waals surface area contributed by atoms with Crippen LogP contribution in [0.2, 0.25) is 11.1 Å². The van der Waals surface area contributed by atoms with E-state index in [1.54, 1.807) is 0 Å². The van der Waals surface area contributed by atoms with Crippen molar-refractivity contribution in [2.45, 2.75) is 17.6 Å². The fourth-order valence-corrected chi connectivity index (χ4v) is 1.05. The van der Waals surface area contributed by atoms with Gasteiger partial charge in [-0.25, -0.2) is 0 Å². The van der Waals surface area contributed by atoms with Crippen molar-refractivity contribution in [2.75, 3.05) is 0 Å². The third-order valence-corrected chi connectivity index (χ3v) is 1.88. The SMILES string of the molecule is C=CCC[Se]C.[Br][Pt][Br]. The fourth-order valence-electron chi connectivity index (χ4n) is 0.201. The summed E-state index contributed by atoms with van der Waals surface area (Å²) >= 11 is 7.41. The summed E-state index contributed by atoms with van der Waals surface area (Å²) in [5, 5.41) is 1.36. The summed E-state index contributed by atoms with van der Waals surface area (Å²) in [4.78, 5) is 0. The fraction of sp³-hybridized carbons (Fsp3) is 0.600. The summed E-state index contributed by atoms with van der Waals surface area (Å²) < 4.78 is 0. The second-order valence-electron chi connectivity index (χ2n) is 1.12. The molecular formula is C5H10Br2PtSe. The van der Waals surface area contributed by atoms with Crippen molar-refractivity contribution < 1.29 is 14.5 Å². The molecule has 0 radical (unpaired) electrons. The van der Waals surface area contributed by atoms with Gasteiger partial charge in [0.2, 0.25) is 0 Å². The van der Waals surface area contributed by atoms with E-state index in [4.69, 9.17) is 0 Å². The molecule has 0 unspecified atom stereocenters. The molecule has 0 N–H and O–H groups in total. The maximum absolute atomic E-state index is 3.61. The molecule has 0 aliphatic carbocycles. The topological polar surface area (TPSA) is 0 Å². The number of rotatable bonds is 3. The van der Waals surface area contributed by atoms with Crippen LogP contribution in [0.3, 0.4) is 0 Å². The zero-order valence-corrected chi connectivity index (χ0v) is 12.3. The van der Waals surface area contributed by atoms with E-state index in [9.17, 15) is 0 Å². The van der Waals surface area contributed by atoms with Gasteiger partial charge >= 0.3 is 86.2 Å². The van der Waals surface area contributed by atoms with Crippen LogP contribution in [-0.2, 0) is 14.5 Å². The minimum atomic E-state index is 0.208. The van der Waals surface area contributed by atoms with Gasteiger partial charge in [-0.2, -0.15) is 0 Å². The molecule has 0 spiro atoms. The first-order chi connectivity index (χ1) is 4.33. The standard InChI is InChI=1S/C5H10Se.2BrH.Pt/c1-3-4-5-6-2;;;/h3H,1,4-5H2,2H3;2*1H;/q;;;+2/p-2. The first-order valence-electron chi connectivity index (χ1n) is 2.25. The van der Waals surface area contributed by atoms with Gasteiger partial charge in [0.25, 0.3) is 0 Å². The van der Waals surface area contributed by atoms with E-state index in [0.29, 0.717) is 0 Å². The van der Waals surface area contributed by atoms with Crippen molar-refractivity contribution in [3.05, 3.63) is 12.7 Å². The van der Waals surface area contributed by atoms with Crippen molar-refractivity contribution in [1.29, 1.82) is 0 Å². The van der Waals surface area contributed by atoms with E-state index < -0.39 is 0 Å². The van der Waals surface area contributed by atoms with Crippen LogP contribution >= 0.6 is 26.6 Å². The summed E-state index contributed by atoms with van der Waals surface area (Å²) in [6.07, 6.45) is 3.18. The predicted molar refractivity (Wildman–Crippen MR) is 49.1 cm³/mol. The first-order valence-corrected chi connectivity index (χ1v) is 15.1. The monoisotopic (exact) mass is 503 g/mol. The van der Waals surface area contributed by atoms with Crippen LogP contribution in [0, 0.1) is 0 Å². The molecule has 0 saturated carbocycles. The number of allylic oxidation sites excluding steroid dienone is 1. The Morgan fingerprint density at radius 3 is 2.22 bits per heavy atom. The van der Waals surface area contributed by atoms with E-state index in [0.717, 1.165) is 15.0 Å². The predicted octanol–water partition coefficient (Wildman–Crippen LogP) is 3.42. The van der Waals surface area contributed by atoms with Gasteiger partial charge in [0.1, 0.15) is 0 Å². The summed E-state index contributed by atoms with van der Waals surface area (Å²) in [6, 6.07) is 0. The van der Waals surface area contributed by atoms with Crippen LogP contribution in [0.15, 0.2) is 12.7 Å². The van der Waals surface area contributed by atoms with Crippen LogP contribution in [0.4, 0.5) is 0 Å². The second kappa shape index (κ2) is 16.5. The van der Waals surface area contributed by atoms with E-state index >= 15 is 0 Å². The minimum absolute atomic E-state index is 0.208. The Kier molecular flexibility index (Phi) is 24.7. The van der Waals surface area contributed by atoms with Gasteiger partial charge in [-0.3, -0.25) is 0 Å². The molecule has 4 heteroatoms. The Bertz CT molecular complexity index is 52.2. The van der Waals surface area contributed by atoms with Crippen LogP contribution in [0.25, 0.3) is 0 Å². The molecule has 0 heterocycles. The molecule has 0 aromatic heterocycles. The van der Waals surface area contributed by atoms with Gasteiger partial charge in [0.15, 0.2) is 0 Å². The zero-order chi connectivity index (χ0) is 7.54. The maximum atomic E-state index is 3.61. The molecule has 0 bridgehead atoms. The quantitative estimate of drug-likeness (QED) is 0.314. The van der Waals surface area contributed by atoms with Crippen LogP contribution < -0.4 is 0 Å². The van der Waals surface area contributed by atoms with Crippen LogP contribution in [-0.4, -0.2) is 15.0 Å². The molecule has 60 valence electrons. The Morgan fingerprint density at radius 2 is 2.11 bits per heavy atom. The third-order valence-electron chi connectivity index (χ3n) is 0.526. The number of hydrogen-bond acceptors (Lipinski definition) is 0. The van der Waals surface area contributed by atoms with Gasteiger partial charge in [0.05, 0.1) is 0 Å². The van der Waals surface area contributed by atoms with Crippen LogP contribution in [0.5, 0.6) is 0 Å². The van der Waals surface area contributed by atoms with E-state index in [2.05, 4.69) is 39.0 Å². The Labute approximate surface area is 85.2 Å². The first kappa shape index (κ1) is 13.5. The van der Waals surface area contributed by atoms with Crippen molar-refractivity contribution in [3.63, 3.8) is 0 Å². The molecule has 9 heavy (non-hydrogen) atoms. The Morgan fingerprint density at radius 1 is 1.67 bits per heavy atom. The summed E-state index contributed by atoms with van der Waals surface area (Å²) in [5.74, 6) is 2.25. The molecular weight excluding hydrogens is 494 g/mol. The Balaban J connectivity index is 0. The normalized spacial score (nSPS) is 7.89. The van der Waals surface area contributed by atoms with Gasteiger partial charge in [-0.05, 0) is 0 Å². The summed E-state index contributed by atoms with van der Waals surface area (Å²) in [6.45, 7) is 3.61. The third kappa shape index (κ3) is 25.7. The molecule has 0 aromatic rings. The molecule has 0 fully saturated rings. The second-order valence-corrected chi connectivity index (χ2v) is 13.1. The van der Waals surface area contributed by atoms with E-state index in [-0.39, 0.29) is 14.5 Å². The molecule has 0 saturated heterocycles. The van der Waals surface area contributed by atoms with Crippen molar-refractivity contribution in [3.8, 4) is 0 Å². The number of halogens is 2. The Hall–Kier alpha value is 1.91. The molecule has 0 aliphatic heterocycles. The zero-order valence-electron chi connectivity index (χ0n) is 5.18. The van der Waals surface area contributed by atoms with Gasteiger partial charge in [-0.1, -0.05) is 0 Å². The molecule has 0 atom stereocenters. The number of hydrogen-bond donors (Lipinski definition) is 0. The molecule has 0 nitrogen and oxygen atoms in total. The van der Waals surface area contributed by atoms with E-state index in [1.165, 1.54) is 11.7 Å². The summed E-state index contributed by atoms with van der Waals surface area (Å²) in [7, 11) is 0. The molecule has 0 aromatic carbocycles. The van der Waals surface area contributed by atoms with Crippen molar-refractivity contribution >= 4 is 41.6 Å². The average Bonchev–Trinajstić information content (AvgIpc) is 1.86. The van der Waals surface area contributed by atoms with Crippen molar-refractivity contribution in [1.82, 2.24) is 0 Å². The molecule has 0 rings (SSSR count). The molecule has 0 amide bonds. The molecule has 0 aliphatic rings.